The first-order chi connectivity index (χ1) is 7.16. The number of halogens is 1. The van der Waals surface area contributed by atoms with Gasteiger partial charge in [-0.25, -0.2) is 0 Å². The molecule has 0 saturated heterocycles. The average Bonchev–Trinajstić information content (AvgIpc) is 2.18. The van der Waals surface area contributed by atoms with Crippen molar-refractivity contribution < 1.29 is 9.47 Å². The van der Waals surface area contributed by atoms with Crippen LogP contribution in [0, 0.1) is 0 Å². The second-order valence-corrected chi connectivity index (χ2v) is 4.63. The summed E-state index contributed by atoms with van der Waals surface area (Å²) in [7, 11) is 0. The van der Waals surface area contributed by atoms with E-state index in [1.165, 1.54) is 0 Å². The van der Waals surface area contributed by atoms with Crippen molar-refractivity contribution in [2.75, 3.05) is 18.5 Å². The molecule has 0 atom stereocenters. The van der Waals surface area contributed by atoms with Gasteiger partial charge in [-0.3, -0.25) is 0 Å². The zero-order chi connectivity index (χ0) is 10.8. The van der Waals surface area contributed by atoms with E-state index in [0.717, 1.165) is 21.7 Å². The maximum atomic E-state index is 5.51. The van der Waals surface area contributed by atoms with Crippen LogP contribution in [-0.2, 0) is 0 Å². The summed E-state index contributed by atoms with van der Waals surface area (Å²) < 4.78 is 12.0. The molecule has 1 aromatic carbocycles. The monoisotopic (exact) mass is 271 g/mol. The minimum absolute atomic E-state index is 0.392. The van der Waals surface area contributed by atoms with Gasteiger partial charge >= 0.3 is 0 Å². The van der Waals surface area contributed by atoms with Gasteiger partial charge in [-0.2, -0.15) is 0 Å². The van der Waals surface area contributed by atoms with Gasteiger partial charge in [0.05, 0.1) is 5.69 Å². The third-order valence-electron chi connectivity index (χ3n) is 2.08. The van der Waals surface area contributed by atoms with Crippen molar-refractivity contribution in [3.05, 3.63) is 16.6 Å². The van der Waals surface area contributed by atoms with Crippen molar-refractivity contribution in [2.24, 2.45) is 0 Å². The number of ether oxygens (including phenoxy) is 2. The Morgan fingerprint density at radius 3 is 2.40 bits per heavy atom. The van der Waals surface area contributed by atoms with Gasteiger partial charge in [-0.1, -0.05) is 0 Å². The molecule has 0 unspecified atom stereocenters. The van der Waals surface area contributed by atoms with E-state index in [1.54, 1.807) is 0 Å². The first-order valence-electron chi connectivity index (χ1n) is 5.02. The van der Waals surface area contributed by atoms with Gasteiger partial charge < -0.3 is 14.8 Å². The molecule has 15 heavy (non-hydrogen) atoms. The number of nitrogens with one attached hydrogen (secondary N) is 1. The lowest BCUT2D eigenvalue weighted by molar-refractivity contribution is 0.171. The van der Waals surface area contributed by atoms with Crippen LogP contribution in [0.2, 0.25) is 0 Å². The molecule has 82 valence electrons. The van der Waals surface area contributed by atoms with E-state index in [4.69, 9.17) is 9.47 Å². The van der Waals surface area contributed by atoms with Crippen LogP contribution in [0.25, 0.3) is 0 Å². The summed E-state index contributed by atoms with van der Waals surface area (Å²) in [6.07, 6.45) is 0. The molecule has 0 bridgehead atoms. The molecule has 4 heteroatoms. The van der Waals surface area contributed by atoms with Crippen LogP contribution in [0.1, 0.15) is 13.8 Å². The highest BCUT2D eigenvalue weighted by Gasteiger charge is 2.14. The molecule has 0 spiro atoms. The van der Waals surface area contributed by atoms with Crippen molar-refractivity contribution >= 4 is 21.6 Å². The number of hydrogen-bond donors (Lipinski definition) is 1. The van der Waals surface area contributed by atoms with E-state index in [0.29, 0.717) is 19.3 Å². The zero-order valence-electron chi connectivity index (χ0n) is 8.84. The first kappa shape index (κ1) is 10.6. The van der Waals surface area contributed by atoms with Crippen LogP contribution in [0.5, 0.6) is 11.5 Å². The predicted octanol–water partition coefficient (Wildman–Crippen LogP) is 3.04. The van der Waals surface area contributed by atoms with Crippen LogP contribution >= 0.6 is 15.9 Å². The Hall–Kier alpha value is -0.900. The lowest BCUT2D eigenvalue weighted by Crippen LogP contribution is -2.16. The molecule has 1 aliphatic rings. The lowest BCUT2D eigenvalue weighted by atomic mass is 10.2. The van der Waals surface area contributed by atoms with Crippen LogP contribution in [0.3, 0.4) is 0 Å². The zero-order valence-corrected chi connectivity index (χ0v) is 10.4. The van der Waals surface area contributed by atoms with Crippen LogP contribution in [0.4, 0.5) is 5.69 Å². The molecule has 3 nitrogen and oxygen atoms in total. The molecule has 1 aromatic rings. The summed E-state index contributed by atoms with van der Waals surface area (Å²) in [5.74, 6) is 1.62. The number of rotatable bonds is 2. The highest BCUT2D eigenvalue weighted by molar-refractivity contribution is 9.10. The molecule has 0 fully saturated rings. The van der Waals surface area contributed by atoms with Crippen molar-refractivity contribution in [1.82, 2.24) is 0 Å². The van der Waals surface area contributed by atoms with Gasteiger partial charge in [0.25, 0.3) is 0 Å². The summed E-state index contributed by atoms with van der Waals surface area (Å²) in [6, 6.07) is 4.31. The molecule has 0 aromatic heterocycles. The maximum Gasteiger partial charge on any atom is 0.163 e. The summed E-state index contributed by atoms with van der Waals surface area (Å²) in [4.78, 5) is 0. The third-order valence-corrected chi connectivity index (χ3v) is 2.73. The largest absolute Gasteiger partial charge is 0.486 e. The minimum atomic E-state index is 0.392. The van der Waals surface area contributed by atoms with Crippen molar-refractivity contribution in [1.29, 1.82) is 0 Å². The standard InChI is InChI=1S/C11H14BrNO2/c1-7(2)13-9-6-11-10(5-8(9)12)14-3-4-15-11/h5-7,13H,3-4H2,1-2H3. The molecular weight excluding hydrogens is 258 g/mol. The van der Waals surface area contributed by atoms with Gasteiger partial charge in [0.1, 0.15) is 13.2 Å². The molecular formula is C11H14BrNO2. The Morgan fingerprint density at radius 1 is 1.20 bits per heavy atom. The molecule has 2 rings (SSSR count). The topological polar surface area (TPSA) is 30.5 Å². The van der Waals surface area contributed by atoms with E-state index in [9.17, 15) is 0 Å². The molecule has 1 aliphatic heterocycles. The number of benzene rings is 1. The fourth-order valence-corrected chi connectivity index (χ4v) is 1.92. The first-order valence-corrected chi connectivity index (χ1v) is 5.82. The quantitative estimate of drug-likeness (QED) is 0.897. The van der Waals surface area contributed by atoms with Crippen molar-refractivity contribution in [3.63, 3.8) is 0 Å². The second kappa shape index (κ2) is 4.31. The van der Waals surface area contributed by atoms with E-state index in [-0.39, 0.29) is 0 Å². The third kappa shape index (κ3) is 2.37. The van der Waals surface area contributed by atoms with E-state index >= 15 is 0 Å². The lowest BCUT2D eigenvalue weighted by Gasteiger charge is -2.21. The molecule has 0 amide bonds. The molecule has 0 radical (unpaired) electrons. The van der Waals surface area contributed by atoms with Gasteiger partial charge in [-0.05, 0) is 29.8 Å². The predicted molar refractivity (Wildman–Crippen MR) is 63.9 cm³/mol. The average molecular weight is 272 g/mol. The van der Waals surface area contributed by atoms with Crippen molar-refractivity contribution in [2.45, 2.75) is 19.9 Å². The Balaban J connectivity index is 2.32. The summed E-state index contributed by atoms with van der Waals surface area (Å²) >= 11 is 3.51. The fraction of sp³-hybridized carbons (Fsp3) is 0.455. The Labute approximate surface area is 97.9 Å². The molecule has 1 N–H and O–H groups in total. The summed E-state index contributed by atoms with van der Waals surface area (Å²) in [5.41, 5.74) is 1.04. The Kier molecular flexibility index (Phi) is 3.05. The van der Waals surface area contributed by atoms with Crippen LogP contribution in [0.15, 0.2) is 16.6 Å². The normalized spacial score (nSPS) is 14.1. The van der Waals surface area contributed by atoms with Gasteiger partial charge in [0, 0.05) is 22.6 Å². The van der Waals surface area contributed by atoms with Gasteiger partial charge in [0.15, 0.2) is 11.5 Å². The Bertz CT molecular complexity index is 366. The van der Waals surface area contributed by atoms with E-state index < -0.39 is 0 Å². The Morgan fingerprint density at radius 2 is 1.80 bits per heavy atom. The molecule has 0 saturated carbocycles. The SMILES string of the molecule is CC(C)Nc1cc2c(cc1Br)OCCO2. The highest BCUT2D eigenvalue weighted by Crippen LogP contribution is 2.38. The van der Waals surface area contributed by atoms with E-state index in [1.807, 2.05) is 12.1 Å². The smallest absolute Gasteiger partial charge is 0.163 e. The summed E-state index contributed by atoms with van der Waals surface area (Å²) in [6.45, 7) is 5.44. The minimum Gasteiger partial charge on any atom is -0.486 e. The van der Waals surface area contributed by atoms with E-state index in [2.05, 4.69) is 35.1 Å². The van der Waals surface area contributed by atoms with Crippen LogP contribution < -0.4 is 14.8 Å². The summed E-state index contributed by atoms with van der Waals surface area (Å²) in [5, 5.41) is 3.34. The number of fused-ring (bicyclic) bond motifs is 1. The fourth-order valence-electron chi connectivity index (χ4n) is 1.49. The number of hydrogen-bond acceptors (Lipinski definition) is 3. The molecule has 0 aliphatic carbocycles. The van der Waals surface area contributed by atoms with Gasteiger partial charge in [0.2, 0.25) is 0 Å². The van der Waals surface area contributed by atoms with Crippen molar-refractivity contribution in [3.8, 4) is 11.5 Å². The highest BCUT2D eigenvalue weighted by atomic mass is 79.9. The molecule has 1 heterocycles. The second-order valence-electron chi connectivity index (χ2n) is 3.77. The maximum absolute atomic E-state index is 5.51. The van der Waals surface area contributed by atoms with Gasteiger partial charge in [-0.15, -0.1) is 0 Å². The van der Waals surface area contributed by atoms with Crippen LogP contribution in [-0.4, -0.2) is 19.3 Å². The number of anilines is 1.